The molecule has 1 heterocycles. The number of hydrogen-bond donors (Lipinski definition) is 1. The van der Waals surface area contributed by atoms with Crippen molar-refractivity contribution in [3.8, 4) is 0 Å². The first-order valence-electron chi connectivity index (χ1n) is 8.10. The normalized spacial score (nSPS) is 33.9. The van der Waals surface area contributed by atoms with Gasteiger partial charge in [0.15, 0.2) is 0 Å². The smallest absolute Gasteiger partial charge is 0.0748 e. The molecule has 0 spiro atoms. The first kappa shape index (κ1) is 13.9. The number of benzene rings is 1. The average Bonchev–Trinajstić information content (AvgIpc) is 2.37. The van der Waals surface area contributed by atoms with Crippen LogP contribution in [0.5, 0.6) is 0 Å². The second-order valence-corrected chi connectivity index (χ2v) is 7.04. The Morgan fingerprint density at radius 2 is 2.00 bits per heavy atom. The van der Waals surface area contributed by atoms with Gasteiger partial charge in [-0.2, -0.15) is 0 Å². The zero-order valence-corrected chi connectivity index (χ0v) is 13.0. The maximum atomic E-state index is 10.6. The number of hydrogen-bond acceptors (Lipinski definition) is 2. The lowest BCUT2D eigenvalue weighted by Crippen LogP contribution is -2.53. The van der Waals surface area contributed by atoms with Gasteiger partial charge in [-0.3, -0.25) is 0 Å². The maximum Gasteiger partial charge on any atom is 0.0748 e. The molecule has 1 aliphatic heterocycles. The van der Waals surface area contributed by atoms with Crippen LogP contribution in [0.2, 0.25) is 0 Å². The molecule has 3 rings (SSSR count). The highest BCUT2D eigenvalue weighted by Gasteiger charge is 2.38. The highest BCUT2D eigenvalue weighted by atomic mass is 16.3. The van der Waals surface area contributed by atoms with Crippen molar-refractivity contribution >= 4 is 5.69 Å². The molecular weight excluding hydrogens is 246 g/mol. The van der Waals surface area contributed by atoms with E-state index in [2.05, 4.69) is 43.9 Å². The third-order valence-corrected chi connectivity index (χ3v) is 5.14. The minimum atomic E-state index is -0.180. The molecule has 1 aromatic carbocycles. The van der Waals surface area contributed by atoms with E-state index in [0.717, 1.165) is 13.0 Å². The molecule has 4 unspecified atom stereocenters. The number of aliphatic hydroxyl groups excluding tert-OH is 1. The average molecular weight is 273 g/mol. The summed E-state index contributed by atoms with van der Waals surface area (Å²) in [5.41, 5.74) is 4.18. The van der Waals surface area contributed by atoms with Crippen molar-refractivity contribution in [3.63, 3.8) is 0 Å². The molecule has 1 fully saturated rings. The number of aryl methyl sites for hydroxylation is 2. The van der Waals surface area contributed by atoms with Crippen LogP contribution in [0.1, 0.15) is 44.2 Å². The van der Waals surface area contributed by atoms with Gasteiger partial charge in [-0.1, -0.05) is 31.5 Å². The SMILES string of the molecule is Cc1ccc2c(c1)CCCN2C1C(C)CC(C)CC1O. The van der Waals surface area contributed by atoms with Crippen LogP contribution in [0.15, 0.2) is 18.2 Å². The van der Waals surface area contributed by atoms with E-state index < -0.39 is 0 Å². The Labute approximate surface area is 122 Å². The molecule has 110 valence electrons. The second-order valence-electron chi connectivity index (χ2n) is 7.04. The fourth-order valence-electron chi connectivity index (χ4n) is 4.38. The van der Waals surface area contributed by atoms with Gasteiger partial charge < -0.3 is 10.0 Å². The summed E-state index contributed by atoms with van der Waals surface area (Å²) in [5.74, 6) is 1.22. The van der Waals surface area contributed by atoms with Crippen LogP contribution in [0.25, 0.3) is 0 Å². The Morgan fingerprint density at radius 1 is 1.20 bits per heavy atom. The number of rotatable bonds is 1. The van der Waals surface area contributed by atoms with Gasteiger partial charge in [-0.25, -0.2) is 0 Å². The van der Waals surface area contributed by atoms with Crippen molar-refractivity contribution in [1.29, 1.82) is 0 Å². The summed E-state index contributed by atoms with van der Waals surface area (Å²) in [4.78, 5) is 2.50. The Hall–Kier alpha value is -1.02. The fraction of sp³-hybridized carbons (Fsp3) is 0.667. The highest BCUT2D eigenvalue weighted by Crippen LogP contribution is 2.38. The molecule has 1 aliphatic carbocycles. The zero-order valence-electron chi connectivity index (χ0n) is 13.0. The highest BCUT2D eigenvalue weighted by molar-refractivity contribution is 5.57. The molecule has 20 heavy (non-hydrogen) atoms. The largest absolute Gasteiger partial charge is 0.391 e. The van der Waals surface area contributed by atoms with Gasteiger partial charge >= 0.3 is 0 Å². The van der Waals surface area contributed by atoms with Crippen molar-refractivity contribution in [2.45, 2.75) is 58.6 Å². The molecule has 2 nitrogen and oxygen atoms in total. The van der Waals surface area contributed by atoms with Crippen LogP contribution in [0.3, 0.4) is 0 Å². The summed E-state index contributed by atoms with van der Waals surface area (Å²) in [6.45, 7) is 7.84. The van der Waals surface area contributed by atoms with Crippen molar-refractivity contribution in [3.05, 3.63) is 29.3 Å². The summed E-state index contributed by atoms with van der Waals surface area (Å²) in [6.07, 6.45) is 4.40. The lowest BCUT2D eigenvalue weighted by Gasteiger charge is -2.47. The van der Waals surface area contributed by atoms with E-state index in [1.54, 1.807) is 0 Å². The standard InChI is InChI=1S/C18H27NO/c1-12-6-7-16-15(10-12)5-4-8-19(16)18-14(3)9-13(2)11-17(18)20/h6-7,10,13-14,17-18,20H,4-5,8-9,11H2,1-3H3. The molecule has 0 radical (unpaired) electrons. The molecule has 2 heteroatoms. The van der Waals surface area contributed by atoms with Gasteiger partial charge in [-0.15, -0.1) is 0 Å². The quantitative estimate of drug-likeness (QED) is 0.846. The van der Waals surface area contributed by atoms with Crippen LogP contribution in [-0.4, -0.2) is 23.8 Å². The van der Waals surface area contributed by atoms with Gasteiger partial charge in [0, 0.05) is 12.2 Å². The Kier molecular flexibility index (Phi) is 3.76. The number of fused-ring (bicyclic) bond motifs is 1. The molecule has 4 atom stereocenters. The van der Waals surface area contributed by atoms with Crippen LogP contribution in [-0.2, 0) is 6.42 Å². The van der Waals surface area contributed by atoms with E-state index in [4.69, 9.17) is 0 Å². The Morgan fingerprint density at radius 3 is 2.75 bits per heavy atom. The monoisotopic (exact) mass is 273 g/mol. The molecule has 0 saturated heterocycles. The minimum absolute atomic E-state index is 0.180. The lowest BCUT2D eigenvalue weighted by molar-refractivity contribution is 0.0527. The predicted molar refractivity (Wildman–Crippen MR) is 84.2 cm³/mol. The minimum Gasteiger partial charge on any atom is -0.391 e. The molecule has 1 aromatic rings. The molecular formula is C18H27NO. The predicted octanol–water partition coefficient (Wildman–Crippen LogP) is 3.54. The van der Waals surface area contributed by atoms with Crippen LogP contribution in [0, 0.1) is 18.8 Å². The summed E-state index contributed by atoms with van der Waals surface area (Å²) in [6, 6.07) is 7.10. The van der Waals surface area contributed by atoms with E-state index in [0.29, 0.717) is 17.9 Å². The van der Waals surface area contributed by atoms with Crippen molar-refractivity contribution in [2.24, 2.45) is 11.8 Å². The van der Waals surface area contributed by atoms with E-state index in [1.807, 2.05) is 0 Å². The first-order valence-corrected chi connectivity index (χ1v) is 8.10. The first-order chi connectivity index (χ1) is 9.56. The van der Waals surface area contributed by atoms with E-state index in [1.165, 1.54) is 36.1 Å². The molecule has 0 bridgehead atoms. The number of nitrogens with zero attached hydrogens (tertiary/aromatic N) is 1. The fourth-order valence-corrected chi connectivity index (χ4v) is 4.38. The second kappa shape index (κ2) is 5.40. The summed E-state index contributed by atoms with van der Waals surface area (Å²) >= 11 is 0. The summed E-state index contributed by atoms with van der Waals surface area (Å²) < 4.78 is 0. The van der Waals surface area contributed by atoms with Gasteiger partial charge in [0.2, 0.25) is 0 Å². The van der Waals surface area contributed by atoms with Gasteiger partial charge in [0.05, 0.1) is 12.1 Å². The molecule has 0 amide bonds. The molecule has 1 saturated carbocycles. The van der Waals surface area contributed by atoms with Crippen molar-refractivity contribution in [1.82, 2.24) is 0 Å². The summed E-state index contributed by atoms with van der Waals surface area (Å²) in [5, 5.41) is 10.6. The van der Waals surface area contributed by atoms with E-state index in [9.17, 15) is 5.11 Å². The Bertz CT molecular complexity index is 472. The number of aliphatic hydroxyl groups is 1. The van der Waals surface area contributed by atoms with Crippen LogP contribution >= 0.6 is 0 Å². The lowest BCUT2D eigenvalue weighted by atomic mass is 9.76. The van der Waals surface area contributed by atoms with Crippen molar-refractivity contribution < 1.29 is 5.11 Å². The summed E-state index contributed by atoms with van der Waals surface area (Å²) in [7, 11) is 0. The zero-order chi connectivity index (χ0) is 14.3. The Balaban J connectivity index is 1.92. The van der Waals surface area contributed by atoms with Crippen molar-refractivity contribution in [2.75, 3.05) is 11.4 Å². The molecule has 1 N–H and O–H groups in total. The molecule has 0 aromatic heterocycles. The maximum absolute atomic E-state index is 10.6. The van der Waals surface area contributed by atoms with Gasteiger partial charge in [-0.05, 0) is 56.1 Å². The topological polar surface area (TPSA) is 23.5 Å². The van der Waals surface area contributed by atoms with Crippen LogP contribution < -0.4 is 4.90 Å². The third-order valence-electron chi connectivity index (χ3n) is 5.14. The van der Waals surface area contributed by atoms with Crippen LogP contribution in [0.4, 0.5) is 5.69 Å². The third kappa shape index (κ3) is 2.46. The number of anilines is 1. The van der Waals surface area contributed by atoms with E-state index >= 15 is 0 Å². The van der Waals surface area contributed by atoms with Gasteiger partial charge in [0.25, 0.3) is 0 Å². The van der Waals surface area contributed by atoms with Gasteiger partial charge in [0.1, 0.15) is 0 Å². The molecule has 2 aliphatic rings. The van der Waals surface area contributed by atoms with E-state index in [-0.39, 0.29) is 6.10 Å².